The Bertz CT molecular complexity index is 740. The molecule has 2 heterocycles. The lowest BCUT2D eigenvalue weighted by molar-refractivity contribution is 0.102. The third-order valence-electron chi connectivity index (χ3n) is 4.61. The van der Waals surface area contributed by atoms with Gasteiger partial charge >= 0.3 is 0 Å². The van der Waals surface area contributed by atoms with Crippen LogP contribution >= 0.6 is 11.6 Å². The van der Waals surface area contributed by atoms with Crippen molar-refractivity contribution in [3.63, 3.8) is 0 Å². The minimum Gasteiger partial charge on any atom is -0.368 e. The van der Waals surface area contributed by atoms with Gasteiger partial charge in [0.25, 0.3) is 5.91 Å². The summed E-state index contributed by atoms with van der Waals surface area (Å²) in [7, 11) is 0. The third kappa shape index (κ3) is 4.30. The van der Waals surface area contributed by atoms with E-state index in [1.54, 1.807) is 24.4 Å². The molecule has 0 bridgehead atoms. The predicted molar refractivity (Wildman–Crippen MR) is 103 cm³/mol. The number of amides is 1. The Morgan fingerprint density at radius 1 is 1.20 bits per heavy atom. The second-order valence-electron chi connectivity index (χ2n) is 6.24. The number of nitrogens with zero attached hydrogens (tertiary/aromatic N) is 3. The molecule has 6 heteroatoms. The lowest BCUT2D eigenvalue weighted by Gasteiger charge is -2.35. The number of pyridine rings is 1. The second-order valence-corrected chi connectivity index (χ2v) is 6.67. The Kier molecular flexibility index (Phi) is 5.56. The van der Waals surface area contributed by atoms with Gasteiger partial charge in [0.15, 0.2) is 0 Å². The minimum absolute atomic E-state index is 0.229. The number of aryl methyl sites for hydroxylation is 1. The van der Waals surface area contributed by atoms with Crippen LogP contribution < -0.4 is 10.2 Å². The smallest absolute Gasteiger partial charge is 0.274 e. The van der Waals surface area contributed by atoms with Crippen LogP contribution in [-0.4, -0.2) is 48.5 Å². The molecule has 1 amide bonds. The molecule has 5 nitrogen and oxygen atoms in total. The molecule has 1 fully saturated rings. The molecule has 0 radical (unpaired) electrons. The normalized spacial score (nSPS) is 15.2. The summed E-state index contributed by atoms with van der Waals surface area (Å²) in [5, 5.41) is 3.47. The number of likely N-dealkylation sites (N-methyl/N-ethyl adjacent to an activating group) is 1. The second kappa shape index (κ2) is 7.85. The van der Waals surface area contributed by atoms with Crippen LogP contribution in [0.4, 0.5) is 11.4 Å². The van der Waals surface area contributed by atoms with Crippen LogP contribution in [0.3, 0.4) is 0 Å². The standard InChI is InChI=1S/C19H23ClN4O/c1-3-23-8-10-24(11-9-23)16-6-7-17(21-13-16)19(25)22-18-12-15(20)5-4-14(18)2/h4-7,12-13H,3,8-11H2,1-2H3,(H,22,25). The molecule has 1 saturated heterocycles. The van der Waals surface area contributed by atoms with Gasteiger partial charge < -0.3 is 15.1 Å². The summed E-state index contributed by atoms with van der Waals surface area (Å²) < 4.78 is 0. The largest absolute Gasteiger partial charge is 0.368 e. The summed E-state index contributed by atoms with van der Waals surface area (Å²) in [5.41, 5.74) is 3.13. The van der Waals surface area contributed by atoms with Crippen molar-refractivity contribution in [1.82, 2.24) is 9.88 Å². The van der Waals surface area contributed by atoms with E-state index in [-0.39, 0.29) is 5.91 Å². The Balaban J connectivity index is 1.66. The van der Waals surface area contributed by atoms with Gasteiger partial charge in [0.2, 0.25) is 0 Å². The summed E-state index contributed by atoms with van der Waals surface area (Å²) >= 11 is 6.00. The van der Waals surface area contributed by atoms with Crippen LogP contribution in [0.25, 0.3) is 0 Å². The lowest BCUT2D eigenvalue weighted by atomic mass is 10.2. The maximum Gasteiger partial charge on any atom is 0.274 e. The van der Waals surface area contributed by atoms with Crippen LogP contribution in [0.2, 0.25) is 5.02 Å². The molecular formula is C19H23ClN4O. The Morgan fingerprint density at radius 3 is 2.60 bits per heavy atom. The molecule has 2 aromatic rings. The van der Waals surface area contributed by atoms with Gasteiger partial charge in [-0.3, -0.25) is 4.79 Å². The van der Waals surface area contributed by atoms with Gasteiger partial charge in [-0.2, -0.15) is 0 Å². The van der Waals surface area contributed by atoms with Crippen molar-refractivity contribution in [2.75, 3.05) is 42.9 Å². The van der Waals surface area contributed by atoms with Gasteiger partial charge in [0.05, 0.1) is 11.9 Å². The summed E-state index contributed by atoms with van der Waals surface area (Å²) in [6, 6.07) is 9.17. The number of piperazine rings is 1. The van der Waals surface area contributed by atoms with Crippen LogP contribution in [0.1, 0.15) is 23.0 Å². The highest BCUT2D eigenvalue weighted by atomic mass is 35.5. The predicted octanol–water partition coefficient (Wildman–Crippen LogP) is 3.44. The molecule has 1 aliphatic heterocycles. The van der Waals surface area contributed by atoms with E-state index in [0.29, 0.717) is 16.4 Å². The molecule has 3 rings (SSSR count). The first-order chi connectivity index (χ1) is 12.1. The fraction of sp³-hybridized carbons (Fsp3) is 0.368. The third-order valence-corrected chi connectivity index (χ3v) is 4.85. The van der Waals surface area contributed by atoms with Crippen molar-refractivity contribution in [2.24, 2.45) is 0 Å². The van der Waals surface area contributed by atoms with Crippen molar-refractivity contribution >= 4 is 28.9 Å². The molecule has 0 aliphatic carbocycles. The van der Waals surface area contributed by atoms with Crippen molar-refractivity contribution in [1.29, 1.82) is 0 Å². The Morgan fingerprint density at radius 2 is 1.96 bits per heavy atom. The van der Waals surface area contributed by atoms with Gasteiger partial charge in [-0.15, -0.1) is 0 Å². The van der Waals surface area contributed by atoms with Crippen molar-refractivity contribution < 1.29 is 4.79 Å². The van der Waals surface area contributed by atoms with E-state index in [1.165, 1.54) is 0 Å². The topological polar surface area (TPSA) is 48.5 Å². The average molecular weight is 359 g/mol. The number of carbonyl (C=O) groups excluding carboxylic acids is 1. The number of rotatable bonds is 4. The number of hydrogen-bond donors (Lipinski definition) is 1. The van der Waals surface area contributed by atoms with Gasteiger partial charge in [-0.25, -0.2) is 4.98 Å². The van der Waals surface area contributed by atoms with Crippen molar-refractivity contribution in [3.8, 4) is 0 Å². The van der Waals surface area contributed by atoms with E-state index in [1.807, 2.05) is 19.1 Å². The van der Waals surface area contributed by atoms with Crippen LogP contribution in [-0.2, 0) is 0 Å². The Labute approximate surface area is 153 Å². The fourth-order valence-corrected chi connectivity index (χ4v) is 3.12. The van der Waals surface area contributed by atoms with E-state index in [4.69, 9.17) is 11.6 Å². The number of benzene rings is 1. The highest BCUT2D eigenvalue weighted by molar-refractivity contribution is 6.31. The molecule has 1 aliphatic rings. The first kappa shape index (κ1) is 17.7. The molecular weight excluding hydrogens is 336 g/mol. The maximum atomic E-state index is 12.4. The van der Waals surface area contributed by atoms with Gasteiger partial charge in [-0.1, -0.05) is 24.6 Å². The van der Waals surface area contributed by atoms with E-state index >= 15 is 0 Å². The molecule has 1 aromatic carbocycles. The van der Waals surface area contributed by atoms with Gasteiger partial charge in [-0.05, 0) is 43.3 Å². The molecule has 0 unspecified atom stereocenters. The maximum absolute atomic E-state index is 12.4. The Hall–Kier alpha value is -2.11. The van der Waals surface area contributed by atoms with Crippen LogP contribution in [0.15, 0.2) is 36.5 Å². The quantitative estimate of drug-likeness (QED) is 0.909. The molecule has 1 N–H and O–H groups in total. The highest BCUT2D eigenvalue weighted by Crippen LogP contribution is 2.21. The molecule has 0 saturated carbocycles. The molecule has 1 aromatic heterocycles. The van der Waals surface area contributed by atoms with Crippen LogP contribution in [0, 0.1) is 6.92 Å². The number of carbonyl (C=O) groups is 1. The van der Waals surface area contributed by atoms with Crippen molar-refractivity contribution in [2.45, 2.75) is 13.8 Å². The first-order valence-corrected chi connectivity index (χ1v) is 8.95. The number of hydrogen-bond acceptors (Lipinski definition) is 4. The highest BCUT2D eigenvalue weighted by Gasteiger charge is 2.17. The summed E-state index contributed by atoms with van der Waals surface area (Å²) in [5.74, 6) is -0.229. The van der Waals surface area contributed by atoms with Gasteiger partial charge in [0, 0.05) is 36.9 Å². The fourth-order valence-electron chi connectivity index (χ4n) is 2.94. The zero-order chi connectivity index (χ0) is 17.8. The van der Waals surface area contributed by atoms with Gasteiger partial charge in [0.1, 0.15) is 5.69 Å². The van der Waals surface area contributed by atoms with E-state index in [9.17, 15) is 4.79 Å². The SMILES string of the molecule is CCN1CCN(c2ccc(C(=O)Nc3cc(Cl)ccc3C)nc2)CC1. The van der Waals surface area contributed by atoms with E-state index in [0.717, 1.165) is 44.0 Å². The molecule has 132 valence electrons. The van der Waals surface area contributed by atoms with E-state index < -0.39 is 0 Å². The molecule has 0 spiro atoms. The number of halogens is 1. The number of aromatic nitrogens is 1. The lowest BCUT2D eigenvalue weighted by Crippen LogP contribution is -2.46. The molecule has 25 heavy (non-hydrogen) atoms. The summed E-state index contributed by atoms with van der Waals surface area (Å²) in [6.45, 7) is 9.31. The molecule has 0 atom stereocenters. The minimum atomic E-state index is -0.229. The van der Waals surface area contributed by atoms with Crippen LogP contribution in [0.5, 0.6) is 0 Å². The first-order valence-electron chi connectivity index (χ1n) is 8.57. The number of anilines is 2. The number of nitrogens with one attached hydrogen (secondary N) is 1. The monoisotopic (exact) mass is 358 g/mol. The van der Waals surface area contributed by atoms with E-state index in [2.05, 4.69) is 27.0 Å². The average Bonchev–Trinajstić information content (AvgIpc) is 2.65. The summed E-state index contributed by atoms with van der Waals surface area (Å²) in [4.78, 5) is 21.5. The summed E-state index contributed by atoms with van der Waals surface area (Å²) in [6.07, 6.45) is 1.78. The zero-order valence-electron chi connectivity index (χ0n) is 14.6. The van der Waals surface area contributed by atoms with Crippen molar-refractivity contribution in [3.05, 3.63) is 52.8 Å². The zero-order valence-corrected chi connectivity index (χ0v) is 15.4.